The van der Waals surface area contributed by atoms with Gasteiger partial charge >= 0.3 is 0 Å². The third-order valence-electron chi connectivity index (χ3n) is 5.17. The number of fused-ring (bicyclic) bond motifs is 1. The number of aromatic nitrogens is 2. The fourth-order valence-electron chi connectivity index (χ4n) is 3.40. The first-order valence-electron chi connectivity index (χ1n) is 9.13. The highest BCUT2D eigenvalue weighted by Gasteiger charge is 2.22. The predicted molar refractivity (Wildman–Crippen MR) is 106 cm³/mol. The molecule has 1 amide bonds. The van der Waals surface area contributed by atoms with Crippen LogP contribution >= 0.6 is 0 Å². The third kappa shape index (κ3) is 3.53. The second-order valence-electron chi connectivity index (χ2n) is 6.91. The van der Waals surface area contributed by atoms with E-state index in [9.17, 15) is 4.79 Å². The summed E-state index contributed by atoms with van der Waals surface area (Å²) in [6.07, 6.45) is 2.32. The van der Waals surface area contributed by atoms with Crippen molar-refractivity contribution in [1.29, 1.82) is 0 Å². The zero-order valence-electron chi connectivity index (χ0n) is 15.6. The number of hydrogen-bond acceptors (Lipinski definition) is 4. The van der Waals surface area contributed by atoms with E-state index in [2.05, 4.69) is 47.3 Å². The number of amides is 1. The van der Waals surface area contributed by atoms with Crippen LogP contribution in [0.4, 0.5) is 11.5 Å². The van der Waals surface area contributed by atoms with Gasteiger partial charge in [0.05, 0.1) is 0 Å². The van der Waals surface area contributed by atoms with Gasteiger partial charge in [-0.1, -0.05) is 36.4 Å². The number of carbonyl (C=O) groups is 1. The summed E-state index contributed by atoms with van der Waals surface area (Å²) >= 11 is 0. The first-order valence-corrected chi connectivity index (χ1v) is 9.13. The molecule has 0 saturated heterocycles. The van der Waals surface area contributed by atoms with Crippen molar-refractivity contribution in [3.05, 3.63) is 82.8 Å². The van der Waals surface area contributed by atoms with E-state index < -0.39 is 0 Å². The summed E-state index contributed by atoms with van der Waals surface area (Å²) in [7, 11) is 0. The molecule has 2 heterocycles. The van der Waals surface area contributed by atoms with Gasteiger partial charge in [0.2, 0.25) is 0 Å². The monoisotopic (exact) mass is 358 g/mol. The predicted octanol–water partition coefficient (Wildman–Crippen LogP) is 4.04. The second kappa shape index (κ2) is 7.19. The van der Waals surface area contributed by atoms with Crippen LogP contribution in [0.5, 0.6) is 0 Å². The molecule has 5 nitrogen and oxygen atoms in total. The van der Waals surface area contributed by atoms with Gasteiger partial charge in [-0.3, -0.25) is 4.79 Å². The summed E-state index contributed by atoms with van der Waals surface area (Å²) in [5.74, 6) is 0.565. The van der Waals surface area contributed by atoms with Gasteiger partial charge < -0.3 is 10.2 Å². The minimum atomic E-state index is -0.0593. The molecule has 1 N–H and O–H groups in total. The quantitative estimate of drug-likeness (QED) is 0.768. The molecule has 0 bridgehead atoms. The van der Waals surface area contributed by atoms with Crippen molar-refractivity contribution in [3.8, 4) is 0 Å². The Bertz CT molecular complexity index is 999. The van der Waals surface area contributed by atoms with E-state index in [4.69, 9.17) is 0 Å². The number of carbonyl (C=O) groups excluding carboxylic acids is 1. The Kier molecular flexibility index (Phi) is 4.59. The minimum absolute atomic E-state index is 0.0593. The Morgan fingerprint density at radius 2 is 1.85 bits per heavy atom. The van der Waals surface area contributed by atoms with Crippen LogP contribution in [0.1, 0.15) is 32.7 Å². The summed E-state index contributed by atoms with van der Waals surface area (Å²) in [6, 6.07) is 16.1. The molecule has 0 fully saturated rings. The lowest BCUT2D eigenvalue weighted by molar-refractivity contribution is 0.0728. The number of nitrogens with one attached hydrogen (secondary N) is 1. The number of benzene rings is 2. The standard InChI is InChI=1S/C22H22N4O/c1-15-6-5-9-19(16(15)2)25-21-12-20(23-14-24-21)22(27)26-11-10-17-7-3-4-8-18(17)13-26/h3-9,12,14H,10-11,13H2,1-2H3,(H,23,24,25). The molecule has 1 aromatic heterocycles. The Morgan fingerprint density at radius 3 is 2.70 bits per heavy atom. The van der Waals surface area contributed by atoms with E-state index in [1.54, 1.807) is 6.07 Å². The summed E-state index contributed by atoms with van der Waals surface area (Å²) < 4.78 is 0. The number of hydrogen-bond donors (Lipinski definition) is 1. The Hall–Kier alpha value is -3.21. The first kappa shape index (κ1) is 17.2. The minimum Gasteiger partial charge on any atom is -0.340 e. The molecule has 0 saturated carbocycles. The van der Waals surface area contributed by atoms with Crippen LogP contribution in [0.15, 0.2) is 54.9 Å². The van der Waals surface area contributed by atoms with Gasteiger partial charge in [0.1, 0.15) is 17.8 Å². The van der Waals surface area contributed by atoms with Crippen molar-refractivity contribution in [3.63, 3.8) is 0 Å². The van der Waals surface area contributed by atoms with E-state index in [0.29, 0.717) is 24.6 Å². The molecule has 0 spiro atoms. The van der Waals surface area contributed by atoms with Crippen LogP contribution in [-0.4, -0.2) is 27.3 Å². The average molecular weight is 358 g/mol. The van der Waals surface area contributed by atoms with E-state index in [-0.39, 0.29) is 5.91 Å². The Morgan fingerprint density at radius 1 is 1.04 bits per heavy atom. The molecule has 136 valence electrons. The number of nitrogens with zero attached hydrogens (tertiary/aromatic N) is 3. The van der Waals surface area contributed by atoms with Crippen molar-refractivity contribution in [2.75, 3.05) is 11.9 Å². The lowest BCUT2D eigenvalue weighted by Gasteiger charge is -2.28. The number of anilines is 2. The van der Waals surface area contributed by atoms with E-state index >= 15 is 0 Å². The zero-order valence-corrected chi connectivity index (χ0v) is 15.6. The van der Waals surface area contributed by atoms with E-state index in [1.165, 1.54) is 23.0 Å². The second-order valence-corrected chi connectivity index (χ2v) is 6.91. The van der Waals surface area contributed by atoms with E-state index in [0.717, 1.165) is 17.7 Å². The zero-order chi connectivity index (χ0) is 18.8. The molecule has 2 aromatic carbocycles. The Balaban J connectivity index is 1.54. The van der Waals surface area contributed by atoms with Gasteiger partial charge in [0.25, 0.3) is 5.91 Å². The summed E-state index contributed by atoms with van der Waals surface area (Å²) in [5, 5.41) is 3.31. The van der Waals surface area contributed by atoms with Crippen LogP contribution in [0.3, 0.4) is 0 Å². The van der Waals surface area contributed by atoms with Gasteiger partial charge in [-0.15, -0.1) is 0 Å². The van der Waals surface area contributed by atoms with Crippen molar-refractivity contribution in [2.45, 2.75) is 26.8 Å². The highest BCUT2D eigenvalue weighted by atomic mass is 16.2. The summed E-state index contributed by atoms with van der Waals surface area (Å²) in [5.41, 5.74) is 6.30. The van der Waals surface area contributed by atoms with Crippen molar-refractivity contribution < 1.29 is 4.79 Å². The van der Waals surface area contributed by atoms with Crippen molar-refractivity contribution in [2.24, 2.45) is 0 Å². The molecule has 1 aliphatic rings. The molecule has 0 atom stereocenters. The van der Waals surface area contributed by atoms with Gasteiger partial charge in [0, 0.05) is 24.8 Å². The third-order valence-corrected chi connectivity index (χ3v) is 5.17. The molecule has 0 unspecified atom stereocenters. The van der Waals surface area contributed by atoms with Crippen LogP contribution in [0, 0.1) is 13.8 Å². The fraction of sp³-hybridized carbons (Fsp3) is 0.227. The van der Waals surface area contributed by atoms with Gasteiger partial charge in [-0.05, 0) is 48.6 Å². The summed E-state index contributed by atoms with van der Waals surface area (Å²) in [6.45, 7) is 5.47. The Labute approximate surface area is 159 Å². The van der Waals surface area contributed by atoms with Crippen LogP contribution in [0.2, 0.25) is 0 Å². The first-order chi connectivity index (χ1) is 13.1. The smallest absolute Gasteiger partial charge is 0.272 e. The van der Waals surface area contributed by atoms with Crippen LogP contribution in [0.25, 0.3) is 0 Å². The topological polar surface area (TPSA) is 58.1 Å². The van der Waals surface area contributed by atoms with Gasteiger partial charge in [0.15, 0.2) is 0 Å². The lowest BCUT2D eigenvalue weighted by atomic mass is 10.00. The molecule has 0 aliphatic carbocycles. The van der Waals surface area contributed by atoms with Gasteiger partial charge in [-0.25, -0.2) is 9.97 Å². The van der Waals surface area contributed by atoms with E-state index in [1.807, 2.05) is 29.2 Å². The molecule has 5 heteroatoms. The fourth-order valence-corrected chi connectivity index (χ4v) is 3.40. The maximum atomic E-state index is 12.9. The normalized spacial score (nSPS) is 13.2. The highest BCUT2D eigenvalue weighted by molar-refractivity contribution is 5.93. The molecule has 1 aliphatic heterocycles. The largest absolute Gasteiger partial charge is 0.340 e. The molecule has 4 rings (SSSR count). The summed E-state index contributed by atoms with van der Waals surface area (Å²) in [4.78, 5) is 23.3. The van der Waals surface area contributed by atoms with Gasteiger partial charge in [-0.2, -0.15) is 0 Å². The maximum absolute atomic E-state index is 12.9. The average Bonchev–Trinajstić information content (AvgIpc) is 2.71. The SMILES string of the molecule is Cc1cccc(Nc2cc(C(=O)N3CCc4ccccc4C3)ncn2)c1C. The molecular weight excluding hydrogens is 336 g/mol. The van der Waals surface area contributed by atoms with Crippen LogP contribution in [-0.2, 0) is 13.0 Å². The van der Waals surface area contributed by atoms with Crippen molar-refractivity contribution >= 4 is 17.4 Å². The van der Waals surface area contributed by atoms with Crippen LogP contribution < -0.4 is 5.32 Å². The molecular formula is C22H22N4O. The molecule has 27 heavy (non-hydrogen) atoms. The lowest BCUT2D eigenvalue weighted by Crippen LogP contribution is -2.36. The van der Waals surface area contributed by atoms with Crippen molar-refractivity contribution in [1.82, 2.24) is 14.9 Å². The maximum Gasteiger partial charge on any atom is 0.272 e. The highest BCUT2D eigenvalue weighted by Crippen LogP contribution is 2.23. The number of aryl methyl sites for hydroxylation is 1. The molecule has 0 radical (unpaired) electrons. The molecule has 3 aromatic rings. The number of rotatable bonds is 3.